The van der Waals surface area contributed by atoms with Gasteiger partial charge in [-0.15, -0.1) is 0 Å². The predicted molar refractivity (Wildman–Crippen MR) is 136 cm³/mol. The molecule has 0 aromatic carbocycles. The van der Waals surface area contributed by atoms with E-state index in [1.54, 1.807) is 0 Å². The highest BCUT2D eigenvalue weighted by atomic mass is 19.1. The first-order valence-electron chi connectivity index (χ1n) is 14.7. The van der Waals surface area contributed by atoms with Crippen LogP contribution in [0.25, 0.3) is 0 Å². The Balaban J connectivity index is 1.59. The fourth-order valence-electron chi connectivity index (χ4n) is 9.96. The van der Waals surface area contributed by atoms with Gasteiger partial charge in [0, 0.05) is 0 Å². The smallest absolute Gasteiger partial charge is 0.309 e. The fraction of sp³-hybridized carbons (Fsp3) is 0.967. The molecular weight excluding hydrogens is 443 g/mol. The molecule has 12 atom stereocenters. The molecule has 1 saturated heterocycles. The highest BCUT2D eigenvalue weighted by Crippen LogP contribution is 2.67. The second-order valence-corrected chi connectivity index (χ2v) is 13.4. The Morgan fingerprint density at radius 2 is 1.74 bits per heavy atom. The van der Waals surface area contributed by atoms with Crippen molar-refractivity contribution >= 4 is 5.97 Å². The Hall–Kier alpha value is -0.680. The molecule has 4 rings (SSSR count). The van der Waals surface area contributed by atoms with Crippen molar-refractivity contribution in [3.63, 3.8) is 0 Å². The van der Waals surface area contributed by atoms with Crippen molar-refractivity contribution in [2.45, 2.75) is 118 Å². The van der Waals surface area contributed by atoms with Gasteiger partial charge in [-0.05, 0) is 104 Å². The zero-order valence-corrected chi connectivity index (χ0v) is 23.0. The van der Waals surface area contributed by atoms with E-state index in [2.05, 4.69) is 41.5 Å². The van der Waals surface area contributed by atoms with E-state index in [-0.39, 0.29) is 34.6 Å². The van der Waals surface area contributed by atoms with Crippen LogP contribution in [0.3, 0.4) is 0 Å². The van der Waals surface area contributed by atoms with Gasteiger partial charge in [0.25, 0.3) is 0 Å². The van der Waals surface area contributed by atoms with Gasteiger partial charge in [0.05, 0.1) is 24.7 Å². The Labute approximate surface area is 212 Å². The van der Waals surface area contributed by atoms with Crippen LogP contribution in [0.2, 0.25) is 0 Å². The molecule has 0 spiro atoms. The number of aliphatic hydroxyl groups excluding tert-OH is 2. The molecule has 35 heavy (non-hydrogen) atoms. The third-order valence-corrected chi connectivity index (χ3v) is 12.0. The molecule has 0 aromatic rings. The molecule has 1 aliphatic heterocycles. The predicted octanol–water partition coefficient (Wildman–Crippen LogP) is 6.18. The summed E-state index contributed by atoms with van der Waals surface area (Å²) in [5, 5.41) is 22.5. The Bertz CT molecular complexity index is 757. The summed E-state index contributed by atoms with van der Waals surface area (Å²) in [6.07, 6.45) is 5.58. The third-order valence-electron chi connectivity index (χ3n) is 12.0. The van der Waals surface area contributed by atoms with Crippen molar-refractivity contribution in [1.29, 1.82) is 0 Å². The fourth-order valence-corrected chi connectivity index (χ4v) is 9.96. The quantitative estimate of drug-likeness (QED) is 0.415. The van der Waals surface area contributed by atoms with Gasteiger partial charge in [0.15, 0.2) is 0 Å². The zero-order valence-electron chi connectivity index (χ0n) is 23.0. The van der Waals surface area contributed by atoms with E-state index in [1.165, 1.54) is 0 Å². The second-order valence-electron chi connectivity index (χ2n) is 13.4. The van der Waals surface area contributed by atoms with E-state index >= 15 is 0 Å². The summed E-state index contributed by atoms with van der Waals surface area (Å²) in [6, 6.07) is 0. The lowest BCUT2D eigenvalue weighted by Crippen LogP contribution is -2.53. The van der Waals surface area contributed by atoms with Gasteiger partial charge < -0.3 is 14.9 Å². The summed E-state index contributed by atoms with van der Waals surface area (Å²) in [7, 11) is 0. The molecule has 0 bridgehead atoms. The highest BCUT2D eigenvalue weighted by molar-refractivity contribution is 5.74. The molecule has 3 aliphatic carbocycles. The molecule has 4 nitrogen and oxygen atoms in total. The van der Waals surface area contributed by atoms with Crippen LogP contribution < -0.4 is 0 Å². The number of halogens is 1. The van der Waals surface area contributed by atoms with Crippen LogP contribution in [0.5, 0.6) is 0 Å². The van der Waals surface area contributed by atoms with Gasteiger partial charge in [0.1, 0.15) is 6.17 Å². The number of alkyl halides is 1. The van der Waals surface area contributed by atoms with Crippen LogP contribution in [0, 0.1) is 58.2 Å². The normalized spacial score (nSPS) is 44.9. The van der Waals surface area contributed by atoms with Gasteiger partial charge in [-0.2, -0.15) is 0 Å². The first kappa shape index (κ1) is 27.4. The molecule has 1 heterocycles. The van der Waals surface area contributed by atoms with Crippen LogP contribution >= 0.6 is 0 Å². The van der Waals surface area contributed by atoms with Crippen molar-refractivity contribution in [2.24, 2.45) is 58.2 Å². The lowest BCUT2D eigenvalue weighted by Gasteiger charge is -2.56. The Morgan fingerprint density at radius 3 is 2.37 bits per heavy atom. The lowest BCUT2D eigenvalue weighted by atomic mass is 9.47. The molecule has 3 saturated carbocycles. The minimum absolute atomic E-state index is 0.0259. The van der Waals surface area contributed by atoms with E-state index < -0.39 is 18.4 Å². The summed E-state index contributed by atoms with van der Waals surface area (Å²) in [4.78, 5) is 13.0. The maximum atomic E-state index is 14.3. The minimum Gasteiger partial charge on any atom is -0.465 e. The number of ether oxygens (including phenoxy) is 1. The molecule has 4 fully saturated rings. The van der Waals surface area contributed by atoms with Crippen LogP contribution in [-0.4, -0.2) is 41.2 Å². The number of carbonyl (C=O) groups excluding carboxylic acids is 1. The SMILES string of the molecule is CC[C@@H](C(C)C)[C@H](O)[C@@H](O)[C@@H](C)[C@H]1CCC2C3COC(=O)C4C[C@H](F)CC[C@]4(C)C3CC[C@@]21CC. The topological polar surface area (TPSA) is 66.8 Å². The van der Waals surface area contributed by atoms with Crippen LogP contribution in [0.15, 0.2) is 0 Å². The summed E-state index contributed by atoms with van der Waals surface area (Å²) < 4.78 is 20.3. The standard InChI is InChI=1S/C30H51FO4/c1-7-20(17(3)4)27(33)26(32)18(5)22-9-10-24-21-16-35-28(34)25-15-19(31)11-13-29(25,6)23(21)12-14-30(22,24)8-2/h17-27,32-33H,7-16H2,1-6H3/t18-,19+,20-,21?,22+,23?,24?,25?,26-,27-,29+,30+/m0/s1. The van der Waals surface area contributed by atoms with Crippen molar-refractivity contribution < 1.29 is 24.1 Å². The highest BCUT2D eigenvalue weighted by Gasteiger charge is 2.63. The summed E-state index contributed by atoms with van der Waals surface area (Å²) in [5.41, 5.74) is -0.0630. The van der Waals surface area contributed by atoms with E-state index in [4.69, 9.17) is 4.74 Å². The number of esters is 1. The van der Waals surface area contributed by atoms with Crippen LogP contribution in [-0.2, 0) is 9.53 Å². The molecule has 0 aromatic heterocycles. The molecule has 202 valence electrons. The number of carbonyl (C=O) groups is 1. The second kappa shape index (κ2) is 10.2. The van der Waals surface area contributed by atoms with E-state index in [0.717, 1.165) is 44.9 Å². The molecule has 5 heteroatoms. The molecule has 0 radical (unpaired) electrons. The number of hydrogen-bond acceptors (Lipinski definition) is 4. The number of aliphatic hydroxyl groups is 2. The van der Waals surface area contributed by atoms with Crippen molar-refractivity contribution in [1.82, 2.24) is 0 Å². The monoisotopic (exact) mass is 494 g/mol. The number of cyclic esters (lactones) is 1. The van der Waals surface area contributed by atoms with Gasteiger partial charge in [-0.25, -0.2) is 4.39 Å². The molecule has 0 amide bonds. The van der Waals surface area contributed by atoms with Gasteiger partial charge in [-0.3, -0.25) is 4.79 Å². The number of fused-ring (bicyclic) bond motifs is 5. The van der Waals surface area contributed by atoms with Crippen LogP contribution in [0.1, 0.15) is 99.3 Å². The Morgan fingerprint density at radius 1 is 1.03 bits per heavy atom. The summed E-state index contributed by atoms with van der Waals surface area (Å²) in [6.45, 7) is 13.5. The molecule has 4 unspecified atom stereocenters. The average molecular weight is 495 g/mol. The number of rotatable bonds is 7. The molecule has 4 aliphatic rings. The molecule has 2 N–H and O–H groups in total. The van der Waals surface area contributed by atoms with Gasteiger partial charge in [-0.1, -0.05) is 48.0 Å². The van der Waals surface area contributed by atoms with Gasteiger partial charge in [0.2, 0.25) is 0 Å². The third kappa shape index (κ3) is 4.39. The number of hydrogen-bond donors (Lipinski definition) is 2. The average Bonchev–Trinajstić information content (AvgIpc) is 3.18. The van der Waals surface area contributed by atoms with Crippen molar-refractivity contribution in [3.8, 4) is 0 Å². The zero-order chi connectivity index (χ0) is 25.7. The lowest BCUT2D eigenvalue weighted by molar-refractivity contribution is -0.154. The van der Waals surface area contributed by atoms with E-state index in [9.17, 15) is 19.4 Å². The Kier molecular flexibility index (Phi) is 8.00. The largest absolute Gasteiger partial charge is 0.465 e. The maximum absolute atomic E-state index is 14.3. The first-order valence-corrected chi connectivity index (χ1v) is 14.7. The summed E-state index contributed by atoms with van der Waals surface area (Å²) in [5.74, 6) is 1.50. The van der Waals surface area contributed by atoms with Crippen molar-refractivity contribution in [2.75, 3.05) is 6.61 Å². The first-order chi connectivity index (χ1) is 16.5. The summed E-state index contributed by atoms with van der Waals surface area (Å²) >= 11 is 0. The van der Waals surface area contributed by atoms with E-state index in [0.29, 0.717) is 49.0 Å². The van der Waals surface area contributed by atoms with Gasteiger partial charge >= 0.3 is 5.97 Å². The minimum atomic E-state index is -0.891. The van der Waals surface area contributed by atoms with Crippen LogP contribution in [0.4, 0.5) is 4.39 Å². The van der Waals surface area contributed by atoms with Crippen molar-refractivity contribution in [3.05, 3.63) is 0 Å². The van der Waals surface area contributed by atoms with E-state index in [1.807, 2.05) is 0 Å². The molecular formula is C30H51FO4. The maximum Gasteiger partial charge on any atom is 0.309 e.